The molecule has 3 N–H and O–H groups in total. The van der Waals surface area contributed by atoms with Crippen LogP contribution in [0.25, 0.3) is 0 Å². The lowest BCUT2D eigenvalue weighted by molar-refractivity contribution is 0.0697. The third kappa shape index (κ3) is 2.48. The number of carboxylic acids is 1. The van der Waals surface area contributed by atoms with Crippen molar-refractivity contribution in [2.24, 2.45) is 0 Å². The zero-order chi connectivity index (χ0) is 14.9. The molecule has 0 saturated carbocycles. The summed E-state index contributed by atoms with van der Waals surface area (Å²) in [5.74, 6) is -1.50. The Morgan fingerprint density at radius 2 is 2.10 bits per heavy atom. The van der Waals surface area contributed by atoms with E-state index in [0.717, 1.165) is 0 Å². The number of carbonyl (C=O) groups is 1. The minimum Gasteiger partial charge on any atom is -0.478 e. The van der Waals surface area contributed by atoms with Gasteiger partial charge in [-0.3, -0.25) is 9.82 Å². The molecule has 0 aromatic carbocycles. The number of H-pyrrole nitrogens is 1. The van der Waals surface area contributed by atoms with E-state index in [1.54, 1.807) is 6.92 Å². The highest BCUT2D eigenvalue weighted by Crippen LogP contribution is 2.21. The van der Waals surface area contributed by atoms with Crippen LogP contribution in [0.3, 0.4) is 0 Å². The molecule has 2 aromatic heterocycles. The Morgan fingerprint density at radius 1 is 1.40 bits per heavy atom. The van der Waals surface area contributed by atoms with Gasteiger partial charge in [0.05, 0.1) is 11.4 Å². The molecule has 9 heteroatoms. The first-order valence-corrected chi connectivity index (χ1v) is 7.04. The lowest BCUT2D eigenvalue weighted by Crippen LogP contribution is -2.17. The average Bonchev–Trinajstić information content (AvgIpc) is 2.69. The summed E-state index contributed by atoms with van der Waals surface area (Å²) in [5.41, 5.74) is 0.431. The van der Waals surface area contributed by atoms with Crippen LogP contribution in [0.1, 0.15) is 21.7 Å². The third-order valence-electron chi connectivity index (χ3n) is 2.60. The molecule has 0 unspecified atom stereocenters. The van der Waals surface area contributed by atoms with Crippen LogP contribution in [0.5, 0.6) is 0 Å². The number of carboxylic acid groups (broad SMARTS) is 1. The molecule has 0 aliphatic rings. The predicted octanol–water partition coefficient (Wildman–Crippen LogP) is 0.921. The maximum absolute atomic E-state index is 12.3. The minimum absolute atomic E-state index is 0.0144. The van der Waals surface area contributed by atoms with Crippen molar-refractivity contribution in [2.45, 2.75) is 18.7 Å². The van der Waals surface area contributed by atoms with Crippen molar-refractivity contribution in [3.05, 3.63) is 35.3 Å². The number of hydrogen-bond acceptors (Lipinski definition) is 5. The van der Waals surface area contributed by atoms with Gasteiger partial charge in [0.1, 0.15) is 10.5 Å². The number of nitrogens with zero attached hydrogens (tertiary/aromatic N) is 2. The lowest BCUT2D eigenvalue weighted by Gasteiger charge is -2.09. The van der Waals surface area contributed by atoms with E-state index in [2.05, 4.69) is 19.9 Å². The van der Waals surface area contributed by atoms with Gasteiger partial charge in [0.25, 0.3) is 10.0 Å². The van der Waals surface area contributed by atoms with Gasteiger partial charge in [-0.05, 0) is 26.0 Å². The SMILES string of the molecule is Cc1n[nH]c(C)c1S(=O)(=O)Nc1ncccc1C(=O)O. The smallest absolute Gasteiger partial charge is 0.339 e. The van der Waals surface area contributed by atoms with Crippen molar-refractivity contribution < 1.29 is 18.3 Å². The van der Waals surface area contributed by atoms with Crippen molar-refractivity contribution in [1.29, 1.82) is 0 Å². The highest BCUT2D eigenvalue weighted by atomic mass is 32.2. The maximum atomic E-state index is 12.3. The molecular weight excluding hydrogens is 284 g/mol. The second-order valence-electron chi connectivity index (χ2n) is 4.07. The molecule has 0 atom stereocenters. The van der Waals surface area contributed by atoms with Crippen LogP contribution in [0.4, 0.5) is 5.82 Å². The highest BCUT2D eigenvalue weighted by Gasteiger charge is 2.24. The molecular formula is C11H12N4O4S. The Labute approximate surface area is 114 Å². The van der Waals surface area contributed by atoms with Crippen LogP contribution in [-0.2, 0) is 10.0 Å². The van der Waals surface area contributed by atoms with E-state index in [1.807, 2.05) is 0 Å². The molecule has 0 aliphatic heterocycles. The molecule has 2 rings (SSSR count). The maximum Gasteiger partial charge on any atom is 0.339 e. The summed E-state index contributed by atoms with van der Waals surface area (Å²) in [6, 6.07) is 2.68. The summed E-state index contributed by atoms with van der Waals surface area (Å²) in [7, 11) is -3.96. The Morgan fingerprint density at radius 3 is 2.65 bits per heavy atom. The summed E-state index contributed by atoms with van der Waals surface area (Å²) in [4.78, 5) is 14.8. The summed E-state index contributed by atoms with van der Waals surface area (Å²) in [6.07, 6.45) is 1.30. The molecule has 8 nitrogen and oxygen atoms in total. The first-order valence-electron chi connectivity index (χ1n) is 5.55. The minimum atomic E-state index is -3.96. The molecule has 0 amide bonds. The van der Waals surface area contributed by atoms with Crippen molar-refractivity contribution in [3.8, 4) is 0 Å². The number of rotatable bonds is 4. The fraction of sp³-hybridized carbons (Fsp3) is 0.182. The number of anilines is 1. The quantitative estimate of drug-likeness (QED) is 0.770. The van der Waals surface area contributed by atoms with Gasteiger partial charge in [0.2, 0.25) is 0 Å². The zero-order valence-corrected chi connectivity index (χ0v) is 11.5. The summed E-state index contributed by atoms with van der Waals surface area (Å²) in [5, 5.41) is 15.4. The second kappa shape index (κ2) is 4.93. The van der Waals surface area contributed by atoms with E-state index in [1.165, 1.54) is 25.3 Å². The fourth-order valence-corrected chi connectivity index (χ4v) is 3.18. The molecule has 0 aliphatic carbocycles. The van der Waals surface area contributed by atoms with Gasteiger partial charge < -0.3 is 5.11 Å². The average molecular weight is 296 g/mol. The molecule has 0 bridgehead atoms. The number of aryl methyl sites for hydroxylation is 2. The number of aromatic carboxylic acids is 1. The normalized spacial score (nSPS) is 11.3. The molecule has 0 radical (unpaired) electrons. The molecule has 0 fully saturated rings. The lowest BCUT2D eigenvalue weighted by atomic mass is 10.3. The van der Waals surface area contributed by atoms with Gasteiger partial charge in [-0.2, -0.15) is 5.10 Å². The molecule has 0 spiro atoms. The Balaban J connectivity index is 2.47. The number of aromatic nitrogens is 3. The predicted molar refractivity (Wildman–Crippen MR) is 70.1 cm³/mol. The van der Waals surface area contributed by atoms with E-state index in [4.69, 9.17) is 5.11 Å². The largest absolute Gasteiger partial charge is 0.478 e. The van der Waals surface area contributed by atoms with Crippen LogP contribution >= 0.6 is 0 Å². The summed E-state index contributed by atoms with van der Waals surface area (Å²) in [6.45, 7) is 3.10. The zero-order valence-electron chi connectivity index (χ0n) is 10.7. The van der Waals surface area contributed by atoms with Gasteiger partial charge in [-0.15, -0.1) is 0 Å². The summed E-state index contributed by atoms with van der Waals surface area (Å²) < 4.78 is 26.7. The van der Waals surface area contributed by atoms with E-state index in [0.29, 0.717) is 11.4 Å². The molecule has 20 heavy (non-hydrogen) atoms. The number of sulfonamides is 1. The van der Waals surface area contributed by atoms with Crippen molar-refractivity contribution in [3.63, 3.8) is 0 Å². The number of nitrogens with one attached hydrogen (secondary N) is 2. The molecule has 106 valence electrons. The monoisotopic (exact) mass is 296 g/mol. The summed E-state index contributed by atoms with van der Waals surface area (Å²) >= 11 is 0. The van der Waals surface area contributed by atoms with Crippen molar-refractivity contribution in [1.82, 2.24) is 15.2 Å². The second-order valence-corrected chi connectivity index (χ2v) is 5.69. The molecule has 0 saturated heterocycles. The number of pyridine rings is 1. The first kappa shape index (κ1) is 14.0. The van der Waals surface area contributed by atoms with Gasteiger partial charge in [0, 0.05) is 6.20 Å². The Bertz CT molecular complexity index is 747. The standard InChI is InChI=1S/C11H12N4O4S/c1-6-9(7(2)14-13-6)20(18,19)15-10-8(11(16)17)4-3-5-12-10/h3-5H,1-2H3,(H,12,15)(H,13,14)(H,16,17). The number of aromatic amines is 1. The van der Waals surface area contributed by atoms with Gasteiger partial charge in [-0.25, -0.2) is 18.2 Å². The van der Waals surface area contributed by atoms with Crippen molar-refractivity contribution in [2.75, 3.05) is 4.72 Å². The van der Waals surface area contributed by atoms with Crippen LogP contribution in [0.15, 0.2) is 23.2 Å². The van der Waals surface area contributed by atoms with Crippen molar-refractivity contribution >= 4 is 21.8 Å². The number of hydrogen-bond donors (Lipinski definition) is 3. The molecule has 2 heterocycles. The van der Waals surface area contributed by atoms with Crippen LogP contribution in [-0.4, -0.2) is 34.7 Å². The van der Waals surface area contributed by atoms with Crippen LogP contribution in [0.2, 0.25) is 0 Å². The van der Waals surface area contributed by atoms with Gasteiger partial charge in [0.15, 0.2) is 5.82 Å². The fourth-order valence-electron chi connectivity index (χ4n) is 1.77. The van der Waals surface area contributed by atoms with Gasteiger partial charge >= 0.3 is 5.97 Å². The Hall–Kier alpha value is -2.42. The van der Waals surface area contributed by atoms with Gasteiger partial charge in [-0.1, -0.05) is 0 Å². The Kier molecular flexibility index (Phi) is 3.45. The van der Waals surface area contributed by atoms with Crippen LogP contribution < -0.4 is 4.72 Å². The first-order chi connectivity index (χ1) is 9.33. The topological polar surface area (TPSA) is 125 Å². The van der Waals surface area contributed by atoms with Crippen LogP contribution in [0, 0.1) is 13.8 Å². The molecule has 2 aromatic rings. The van der Waals surface area contributed by atoms with E-state index < -0.39 is 16.0 Å². The van der Waals surface area contributed by atoms with E-state index in [-0.39, 0.29) is 16.3 Å². The van der Waals surface area contributed by atoms with E-state index >= 15 is 0 Å². The highest BCUT2D eigenvalue weighted by molar-refractivity contribution is 7.92. The van der Waals surface area contributed by atoms with E-state index in [9.17, 15) is 13.2 Å². The third-order valence-corrected chi connectivity index (χ3v) is 4.20.